The van der Waals surface area contributed by atoms with Gasteiger partial charge in [-0.3, -0.25) is 4.79 Å². The third kappa shape index (κ3) is 3.22. The smallest absolute Gasteiger partial charge is 0.308 e. The van der Waals surface area contributed by atoms with Crippen molar-refractivity contribution >= 4 is 5.97 Å². The highest BCUT2D eigenvalue weighted by Crippen LogP contribution is 2.37. The molecule has 0 saturated heterocycles. The molecule has 3 nitrogen and oxygen atoms in total. The quantitative estimate of drug-likeness (QED) is 0.644. The average Bonchev–Trinajstić information content (AvgIpc) is 2.18. The maximum Gasteiger partial charge on any atom is 0.308 e. The Morgan fingerprint density at radius 1 is 1.12 bits per heavy atom. The van der Waals surface area contributed by atoms with E-state index in [1.165, 1.54) is 6.92 Å². The predicted octanol–water partition coefficient (Wildman–Crippen LogP) is 3.56. The van der Waals surface area contributed by atoms with E-state index in [1.807, 2.05) is 27.7 Å². The zero-order valence-electron chi connectivity index (χ0n) is 11.1. The van der Waals surface area contributed by atoms with Crippen molar-refractivity contribution in [2.24, 2.45) is 0 Å². The summed E-state index contributed by atoms with van der Waals surface area (Å²) in [6.45, 7) is 9.41. The molecule has 0 atom stereocenters. The van der Waals surface area contributed by atoms with Crippen LogP contribution in [0.2, 0.25) is 0 Å². The molecule has 1 aromatic rings. The van der Waals surface area contributed by atoms with Crippen LogP contribution in [0.5, 0.6) is 11.5 Å². The largest absolute Gasteiger partial charge is 0.508 e. The number of phenolic OH excluding ortho intramolecular Hbond substituents is 1. The number of carbonyl (C=O) groups is 1. The third-order valence-electron chi connectivity index (χ3n) is 2.62. The van der Waals surface area contributed by atoms with E-state index in [0.717, 1.165) is 11.1 Å². The molecule has 1 aromatic carbocycles. The average molecular weight is 236 g/mol. The van der Waals surface area contributed by atoms with Gasteiger partial charge < -0.3 is 9.84 Å². The summed E-state index contributed by atoms with van der Waals surface area (Å²) in [5, 5.41) is 9.71. The van der Waals surface area contributed by atoms with Gasteiger partial charge in [0.25, 0.3) is 0 Å². The van der Waals surface area contributed by atoms with E-state index >= 15 is 0 Å². The van der Waals surface area contributed by atoms with Crippen LogP contribution in [0.25, 0.3) is 0 Å². The van der Waals surface area contributed by atoms with E-state index in [9.17, 15) is 9.90 Å². The van der Waals surface area contributed by atoms with Crippen LogP contribution in [-0.4, -0.2) is 11.1 Å². The molecule has 0 saturated carbocycles. The van der Waals surface area contributed by atoms with Crippen molar-refractivity contribution in [3.63, 3.8) is 0 Å². The molecule has 0 aliphatic carbocycles. The second-order valence-corrected chi connectivity index (χ2v) is 4.86. The van der Waals surface area contributed by atoms with Gasteiger partial charge in [0.05, 0.1) is 0 Å². The van der Waals surface area contributed by atoms with Crippen molar-refractivity contribution in [3.8, 4) is 11.5 Å². The number of benzene rings is 1. The van der Waals surface area contributed by atoms with Crippen LogP contribution in [0.1, 0.15) is 57.6 Å². The molecule has 0 aromatic heterocycles. The molecule has 0 amide bonds. The SMILES string of the molecule is CC(=O)Oc1c(C(C)C)cc(O)cc1C(C)C. The van der Waals surface area contributed by atoms with Crippen LogP contribution < -0.4 is 4.74 Å². The molecule has 0 heterocycles. The Morgan fingerprint density at radius 3 is 1.82 bits per heavy atom. The van der Waals surface area contributed by atoms with Gasteiger partial charge in [-0.25, -0.2) is 0 Å². The first-order chi connectivity index (χ1) is 7.82. The van der Waals surface area contributed by atoms with Gasteiger partial charge >= 0.3 is 5.97 Å². The molecule has 1 N–H and O–H groups in total. The summed E-state index contributed by atoms with van der Waals surface area (Å²) in [4.78, 5) is 11.2. The van der Waals surface area contributed by atoms with Gasteiger partial charge in [-0.15, -0.1) is 0 Å². The summed E-state index contributed by atoms with van der Waals surface area (Å²) in [5.41, 5.74) is 1.73. The lowest BCUT2D eigenvalue weighted by molar-refractivity contribution is -0.132. The molecule has 0 fully saturated rings. The van der Waals surface area contributed by atoms with Crippen molar-refractivity contribution in [1.29, 1.82) is 0 Å². The first kappa shape index (κ1) is 13.6. The van der Waals surface area contributed by atoms with E-state index in [1.54, 1.807) is 12.1 Å². The molecular weight excluding hydrogens is 216 g/mol. The van der Waals surface area contributed by atoms with Crippen LogP contribution in [0, 0.1) is 0 Å². The minimum absolute atomic E-state index is 0.189. The van der Waals surface area contributed by atoms with Crippen molar-refractivity contribution in [2.45, 2.75) is 46.5 Å². The van der Waals surface area contributed by atoms with Crippen molar-refractivity contribution in [3.05, 3.63) is 23.3 Å². The maximum absolute atomic E-state index is 11.2. The lowest BCUT2D eigenvalue weighted by Crippen LogP contribution is -2.08. The van der Waals surface area contributed by atoms with Gasteiger partial charge in [-0.2, -0.15) is 0 Å². The Morgan fingerprint density at radius 2 is 1.53 bits per heavy atom. The molecular formula is C14H20O3. The summed E-state index contributed by atoms with van der Waals surface area (Å²) in [7, 11) is 0. The lowest BCUT2D eigenvalue weighted by Gasteiger charge is -2.18. The molecule has 94 valence electrons. The molecule has 0 unspecified atom stereocenters. The normalized spacial score (nSPS) is 11.0. The number of rotatable bonds is 3. The van der Waals surface area contributed by atoms with E-state index in [0.29, 0.717) is 5.75 Å². The predicted molar refractivity (Wildman–Crippen MR) is 67.6 cm³/mol. The molecule has 0 aliphatic rings. The van der Waals surface area contributed by atoms with Crippen molar-refractivity contribution in [1.82, 2.24) is 0 Å². The Labute approximate surface area is 102 Å². The van der Waals surface area contributed by atoms with Gasteiger partial charge in [0.15, 0.2) is 0 Å². The fourth-order valence-corrected chi connectivity index (χ4v) is 1.78. The highest BCUT2D eigenvalue weighted by molar-refractivity contribution is 5.71. The van der Waals surface area contributed by atoms with Gasteiger partial charge in [0.1, 0.15) is 11.5 Å². The van der Waals surface area contributed by atoms with Crippen LogP contribution in [0.15, 0.2) is 12.1 Å². The van der Waals surface area contributed by atoms with E-state index in [2.05, 4.69) is 0 Å². The Bertz CT molecular complexity index is 390. The number of ether oxygens (including phenoxy) is 1. The van der Waals surface area contributed by atoms with Crippen molar-refractivity contribution in [2.75, 3.05) is 0 Å². The number of hydrogen-bond acceptors (Lipinski definition) is 3. The maximum atomic E-state index is 11.2. The summed E-state index contributed by atoms with van der Waals surface area (Å²) in [6, 6.07) is 3.32. The fourth-order valence-electron chi connectivity index (χ4n) is 1.78. The van der Waals surface area contributed by atoms with Crippen LogP contribution in [0.4, 0.5) is 0 Å². The van der Waals surface area contributed by atoms with Crippen LogP contribution >= 0.6 is 0 Å². The summed E-state index contributed by atoms with van der Waals surface area (Å²) < 4.78 is 5.30. The Kier molecular flexibility index (Phi) is 4.16. The van der Waals surface area contributed by atoms with Gasteiger partial charge in [-0.1, -0.05) is 27.7 Å². The van der Waals surface area contributed by atoms with E-state index < -0.39 is 0 Å². The Balaban J connectivity index is 3.41. The Hall–Kier alpha value is -1.51. The van der Waals surface area contributed by atoms with Crippen LogP contribution in [-0.2, 0) is 4.79 Å². The monoisotopic (exact) mass is 236 g/mol. The molecule has 1 rings (SSSR count). The van der Waals surface area contributed by atoms with Gasteiger partial charge in [0.2, 0.25) is 0 Å². The summed E-state index contributed by atoms with van der Waals surface area (Å²) in [5.74, 6) is 0.857. The second kappa shape index (κ2) is 5.21. The minimum atomic E-state index is -0.334. The fraction of sp³-hybridized carbons (Fsp3) is 0.500. The molecule has 17 heavy (non-hydrogen) atoms. The molecule has 0 aliphatic heterocycles. The molecule has 0 spiro atoms. The highest BCUT2D eigenvalue weighted by Gasteiger charge is 2.18. The molecule has 3 heteroatoms. The number of phenols is 1. The van der Waals surface area contributed by atoms with Gasteiger partial charge in [-0.05, 0) is 24.0 Å². The third-order valence-corrected chi connectivity index (χ3v) is 2.62. The van der Waals surface area contributed by atoms with Crippen LogP contribution in [0.3, 0.4) is 0 Å². The zero-order valence-corrected chi connectivity index (χ0v) is 11.1. The zero-order chi connectivity index (χ0) is 13.2. The van der Waals surface area contributed by atoms with Gasteiger partial charge in [0, 0.05) is 18.1 Å². The number of hydrogen-bond donors (Lipinski definition) is 1. The van der Waals surface area contributed by atoms with E-state index in [4.69, 9.17) is 4.74 Å². The van der Waals surface area contributed by atoms with Crippen molar-refractivity contribution < 1.29 is 14.6 Å². The molecule has 0 bridgehead atoms. The second-order valence-electron chi connectivity index (χ2n) is 4.86. The van der Waals surface area contributed by atoms with E-state index in [-0.39, 0.29) is 23.6 Å². The first-order valence-corrected chi connectivity index (χ1v) is 5.88. The summed E-state index contributed by atoms with van der Waals surface area (Å²) >= 11 is 0. The number of esters is 1. The standard InChI is InChI=1S/C14H20O3/c1-8(2)12-6-11(16)7-13(9(3)4)14(12)17-10(5)15/h6-9,16H,1-5H3. The minimum Gasteiger partial charge on any atom is -0.508 e. The highest BCUT2D eigenvalue weighted by atomic mass is 16.5. The molecule has 0 radical (unpaired) electrons. The summed E-state index contributed by atoms with van der Waals surface area (Å²) in [6.07, 6.45) is 0. The topological polar surface area (TPSA) is 46.5 Å². The number of carbonyl (C=O) groups excluding carboxylic acids is 1. The lowest BCUT2D eigenvalue weighted by atomic mass is 9.93. The first-order valence-electron chi connectivity index (χ1n) is 5.88. The number of aromatic hydroxyl groups is 1.